The first-order valence-corrected chi connectivity index (χ1v) is 21.6. The number of aliphatic carboxylic acids is 3. The van der Waals surface area contributed by atoms with E-state index in [2.05, 4.69) is 16.0 Å². The number of amides is 8. The summed E-state index contributed by atoms with van der Waals surface area (Å²) in [5.41, 5.74) is 0.752. The highest BCUT2D eigenvalue weighted by Gasteiger charge is 2.65. The maximum absolute atomic E-state index is 13.3. The molecule has 8 amide bonds. The maximum atomic E-state index is 13.3. The zero-order valence-electron chi connectivity index (χ0n) is 33.3. The van der Waals surface area contributed by atoms with Crippen LogP contribution in [0.4, 0.5) is 4.79 Å². The number of urea groups is 1. The number of rotatable bonds is 11. The number of carboxylic acids is 3. The van der Waals surface area contributed by atoms with Crippen LogP contribution in [0.3, 0.4) is 0 Å². The van der Waals surface area contributed by atoms with Gasteiger partial charge in [-0.2, -0.15) is 11.3 Å². The molecule has 0 aliphatic carbocycles. The van der Waals surface area contributed by atoms with Crippen LogP contribution < -0.4 is 16.0 Å². The minimum atomic E-state index is -1.40. The third kappa shape index (κ3) is 8.24. The summed E-state index contributed by atoms with van der Waals surface area (Å²) in [5, 5.41) is 38.1. The minimum absolute atomic E-state index is 0.0200. The van der Waals surface area contributed by atoms with E-state index in [1.54, 1.807) is 81.8 Å². The number of nitrogens with one attached hydrogen (secondary N) is 3. The van der Waals surface area contributed by atoms with Crippen LogP contribution in [0.2, 0.25) is 0 Å². The predicted molar refractivity (Wildman–Crippen MR) is 218 cm³/mol. The number of β-lactam (4-membered cyclic amide) rings is 2. The lowest BCUT2D eigenvalue weighted by Gasteiger charge is -2.44. The van der Waals surface area contributed by atoms with E-state index in [1.165, 1.54) is 49.6 Å². The molecule has 1 aromatic heterocycles. The van der Waals surface area contributed by atoms with Gasteiger partial charge in [-0.25, -0.2) is 14.4 Å². The highest BCUT2D eigenvalue weighted by atomic mass is 32.2. The molecule has 8 atom stereocenters. The van der Waals surface area contributed by atoms with E-state index in [0.29, 0.717) is 17.7 Å². The van der Waals surface area contributed by atoms with Crippen LogP contribution in [0.15, 0.2) is 47.2 Å². The van der Waals surface area contributed by atoms with Gasteiger partial charge in [0.1, 0.15) is 41.0 Å². The summed E-state index contributed by atoms with van der Waals surface area (Å²) in [5.74, 6) is -9.20. The fourth-order valence-corrected chi connectivity index (χ4v) is 11.9. The molecule has 23 heteroatoms. The van der Waals surface area contributed by atoms with Gasteiger partial charge in [0.2, 0.25) is 23.6 Å². The maximum Gasteiger partial charge on any atom is 0.327 e. The number of carbonyl (C=O) groups excluding carboxylic acids is 7. The van der Waals surface area contributed by atoms with E-state index in [0.717, 1.165) is 4.90 Å². The zero-order valence-corrected chi connectivity index (χ0v) is 35.7. The number of fused-ring (bicyclic) bond motifs is 2. The zero-order chi connectivity index (χ0) is 44.9. The van der Waals surface area contributed by atoms with Crippen molar-refractivity contribution in [2.75, 3.05) is 19.6 Å². The van der Waals surface area contributed by atoms with E-state index in [9.17, 15) is 63.3 Å². The number of hydrogen-bond acceptors (Lipinski definition) is 13. The molecule has 0 spiro atoms. The molecule has 0 saturated carbocycles. The van der Waals surface area contributed by atoms with Gasteiger partial charge in [0.15, 0.2) is 5.92 Å². The van der Waals surface area contributed by atoms with Gasteiger partial charge < -0.3 is 46.0 Å². The summed E-state index contributed by atoms with van der Waals surface area (Å²) in [7, 11) is 0. The molecule has 20 nitrogen and oxygen atoms in total. The third-order valence-electron chi connectivity index (χ3n) is 10.9. The number of carbonyl (C=O) groups is 10. The largest absolute Gasteiger partial charge is 0.480 e. The van der Waals surface area contributed by atoms with Crippen LogP contribution in [-0.2, 0) is 43.2 Å². The van der Waals surface area contributed by atoms with Gasteiger partial charge in [-0.1, -0.05) is 30.3 Å². The molecule has 0 radical (unpaired) electrons. The van der Waals surface area contributed by atoms with Crippen LogP contribution in [0.1, 0.15) is 57.7 Å². The molecule has 1 aromatic carbocycles. The first-order chi connectivity index (χ1) is 28.6. The highest BCUT2D eigenvalue weighted by Crippen LogP contribution is 2.52. The predicted octanol–water partition coefficient (Wildman–Crippen LogP) is 0.308. The number of imide groups is 1. The average molecular weight is 902 g/mol. The van der Waals surface area contributed by atoms with E-state index in [-0.39, 0.29) is 13.1 Å². The first kappa shape index (κ1) is 44.9. The molecule has 326 valence electrons. The second kappa shape index (κ2) is 17.0. The van der Waals surface area contributed by atoms with Crippen molar-refractivity contribution in [2.45, 2.75) is 91.0 Å². The molecule has 2 aromatic rings. The van der Waals surface area contributed by atoms with Gasteiger partial charge in [-0.05, 0) is 62.6 Å². The minimum Gasteiger partial charge on any atom is -0.480 e. The van der Waals surface area contributed by atoms with E-state index in [4.69, 9.17) is 0 Å². The fourth-order valence-electron chi connectivity index (χ4n) is 7.93. The van der Waals surface area contributed by atoms with Crippen LogP contribution in [0, 0.1) is 0 Å². The fraction of sp³-hybridized carbons (Fsp3) is 0.474. The van der Waals surface area contributed by atoms with Crippen molar-refractivity contribution in [3.63, 3.8) is 0 Å². The molecule has 0 unspecified atom stereocenters. The third-order valence-corrected chi connectivity index (χ3v) is 14.8. The summed E-state index contributed by atoms with van der Waals surface area (Å²) in [6.07, 6.45) is 0. The van der Waals surface area contributed by atoms with Gasteiger partial charge in [0.05, 0.1) is 0 Å². The molecule has 5 aliphatic rings. The Hall–Kier alpha value is -5.68. The monoisotopic (exact) mass is 901 g/mol. The van der Waals surface area contributed by atoms with Crippen molar-refractivity contribution in [2.24, 2.45) is 0 Å². The Bertz CT molecular complexity index is 2170. The Morgan fingerprint density at radius 3 is 1.72 bits per heavy atom. The van der Waals surface area contributed by atoms with Crippen LogP contribution >= 0.6 is 34.9 Å². The summed E-state index contributed by atoms with van der Waals surface area (Å²) >= 11 is 3.84. The Morgan fingerprint density at radius 2 is 1.26 bits per heavy atom. The van der Waals surface area contributed by atoms with Crippen molar-refractivity contribution in [3.05, 3.63) is 58.3 Å². The van der Waals surface area contributed by atoms with E-state index >= 15 is 0 Å². The van der Waals surface area contributed by atoms with Crippen molar-refractivity contribution < 1.29 is 63.3 Å². The summed E-state index contributed by atoms with van der Waals surface area (Å²) < 4.78 is -1.46. The summed E-state index contributed by atoms with van der Waals surface area (Å²) in [6.45, 7) is 9.13. The normalized spacial score (nSPS) is 26.6. The molecule has 0 bridgehead atoms. The van der Waals surface area contributed by atoms with Crippen LogP contribution in [0.5, 0.6) is 0 Å². The Labute approximate surface area is 360 Å². The second-order valence-corrected chi connectivity index (χ2v) is 20.0. The number of nitrogens with zero attached hydrogens (tertiary/aromatic N) is 4. The molecule has 5 saturated heterocycles. The summed E-state index contributed by atoms with van der Waals surface area (Å²) in [6, 6.07) is 3.77. The molecular formula is C38H43N7O13S3. The van der Waals surface area contributed by atoms with Crippen molar-refractivity contribution in [1.82, 2.24) is 35.6 Å². The Kier molecular flexibility index (Phi) is 12.5. The Morgan fingerprint density at radius 1 is 0.738 bits per heavy atom. The van der Waals surface area contributed by atoms with Crippen LogP contribution in [-0.4, -0.2) is 158 Å². The molecule has 5 fully saturated rings. The highest BCUT2D eigenvalue weighted by molar-refractivity contribution is 8.02. The smallest absolute Gasteiger partial charge is 0.327 e. The van der Waals surface area contributed by atoms with E-state index in [1.807, 2.05) is 0 Å². The molecule has 7 rings (SSSR count). The van der Waals surface area contributed by atoms with Crippen LogP contribution in [0.25, 0.3) is 0 Å². The molecular weight excluding hydrogens is 859 g/mol. The average Bonchev–Trinajstić information content (AvgIpc) is 3.88. The topological polar surface area (TPSA) is 280 Å². The number of hydrogen-bond donors (Lipinski definition) is 6. The lowest BCUT2D eigenvalue weighted by Crippen LogP contribution is -2.71. The molecule has 5 aliphatic heterocycles. The molecule has 61 heavy (non-hydrogen) atoms. The number of carboxylic acid groups (broad SMARTS) is 3. The lowest BCUT2D eigenvalue weighted by molar-refractivity contribution is -0.161. The second-order valence-electron chi connectivity index (χ2n) is 15.6. The molecule has 6 heterocycles. The van der Waals surface area contributed by atoms with Gasteiger partial charge in [0, 0.05) is 29.1 Å². The summed E-state index contributed by atoms with van der Waals surface area (Å²) in [4.78, 5) is 128. The standard InChI is InChI=1S/C23H27N5O7S.C15H16N2O6S2/c1-4-26-10-11-27(19(32)18(26)31)22(35)25-13(12-8-6-5-7-9-12)16(29)24-14-17(30)28-15(21(33)34)23(2,3)36-20(14)28;1-15(2)9(14(22)23)17-11(19)8(12(17)25-15)16-10(18)7(13(20)21)6-3-4-24-5-6/h5-9,13-15,20H,4,10-11H2,1-3H3,(H,24,29)(H,25,35)(H,33,34);3-5,7-9,12H,1-2H3,(H,16,18)(H,20,21)(H,22,23)/t13-,14-,15+,20-;7-,8-,9+,12-/m11/s1. The SMILES string of the molecule is CC1(C)S[C@@H]2[C@H](NC(=O)[C@H](C(=O)O)c3ccsc3)C(=O)N2[C@H]1C(=O)O.CCN1CCN(C(=O)N[C@@H](C(=O)N[C@@H]2C(=O)N3[C@@H]2SC(C)(C)[C@@H]3C(=O)O)c2ccccc2)C(=O)C1=O. The van der Waals surface area contributed by atoms with Gasteiger partial charge in [0.25, 0.3) is 0 Å². The van der Waals surface area contributed by atoms with Gasteiger partial charge in [-0.15, -0.1) is 23.5 Å². The van der Waals surface area contributed by atoms with E-state index < -0.39 is 116 Å². The van der Waals surface area contributed by atoms with Gasteiger partial charge in [-0.3, -0.25) is 38.5 Å². The number of piperazine rings is 1. The molecule has 6 N–H and O–H groups in total. The van der Waals surface area contributed by atoms with Crippen molar-refractivity contribution >= 4 is 94.2 Å². The quantitative estimate of drug-likeness (QED) is 0.101. The lowest BCUT2D eigenvalue weighted by atomic mass is 9.95. The van der Waals surface area contributed by atoms with Crippen molar-refractivity contribution in [3.8, 4) is 0 Å². The van der Waals surface area contributed by atoms with Gasteiger partial charge >= 0.3 is 35.8 Å². The number of thiophene rings is 1. The number of thioether (sulfide) groups is 2. The number of benzene rings is 1. The Balaban J connectivity index is 0.000000218. The van der Waals surface area contributed by atoms with Crippen molar-refractivity contribution in [1.29, 1.82) is 0 Å². The first-order valence-electron chi connectivity index (χ1n) is 18.9. The number of likely N-dealkylation sites (N-methyl/N-ethyl adjacent to an activating group) is 1.